The van der Waals surface area contributed by atoms with E-state index in [2.05, 4.69) is 31.0 Å². The minimum atomic E-state index is 0.0511. The summed E-state index contributed by atoms with van der Waals surface area (Å²) >= 11 is 0. The van der Waals surface area contributed by atoms with E-state index in [-0.39, 0.29) is 17.4 Å². The first-order chi connectivity index (χ1) is 9.20. The molecule has 1 aliphatic rings. The lowest BCUT2D eigenvalue weighted by atomic mass is 9.96. The van der Waals surface area contributed by atoms with Crippen molar-refractivity contribution in [2.45, 2.75) is 53.5 Å². The van der Waals surface area contributed by atoms with Gasteiger partial charge in [0.25, 0.3) is 0 Å². The topological polar surface area (TPSA) is 41.6 Å². The van der Waals surface area contributed by atoms with Crippen LogP contribution in [-0.2, 0) is 9.53 Å². The van der Waals surface area contributed by atoms with E-state index in [0.29, 0.717) is 0 Å². The zero-order valence-corrected chi connectivity index (χ0v) is 13.9. The minimum Gasteiger partial charge on any atom is -0.381 e. The number of hydrogen-bond donors (Lipinski definition) is 1. The van der Waals surface area contributed by atoms with Crippen molar-refractivity contribution in [3.05, 3.63) is 11.3 Å². The molecule has 1 amide bonds. The number of rotatable bonds is 4. The molecule has 0 bridgehead atoms. The average Bonchev–Trinajstić information content (AvgIpc) is 2.36. The lowest BCUT2D eigenvalue weighted by Gasteiger charge is -2.30. The minimum absolute atomic E-state index is 0.0511. The number of allylic oxidation sites excluding steroid dienone is 1. The monoisotopic (exact) mass is 282 g/mol. The number of amides is 1. The van der Waals surface area contributed by atoms with E-state index < -0.39 is 0 Å². The zero-order chi connectivity index (χ0) is 15.3. The summed E-state index contributed by atoms with van der Waals surface area (Å²) in [5, 5.41) is 3.11. The third-order valence-corrected chi connectivity index (χ3v) is 3.72. The van der Waals surface area contributed by atoms with Gasteiger partial charge in [-0.25, -0.2) is 0 Å². The number of nitrogens with one attached hydrogen (secondary N) is 1. The van der Waals surface area contributed by atoms with Crippen LogP contribution in [-0.4, -0.2) is 43.7 Å². The van der Waals surface area contributed by atoms with Gasteiger partial charge in [0.05, 0.1) is 0 Å². The van der Waals surface area contributed by atoms with Crippen LogP contribution in [0, 0.1) is 5.41 Å². The maximum absolute atomic E-state index is 12.3. The molecule has 1 heterocycles. The van der Waals surface area contributed by atoms with E-state index >= 15 is 0 Å². The Morgan fingerprint density at radius 3 is 2.30 bits per heavy atom. The fourth-order valence-electron chi connectivity index (χ4n) is 2.42. The van der Waals surface area contributed by atoms with Crippen LogP contribution < -0.4 is 5.32 Å². The average molecular weight is 282 g/mol. The first-order valence-electron chi connectivity index (χ1n) is 7.48. The van der Waals surface area contributed by atoms with E-state index in [1.54, 1.807) is 0 Å². The molecule has 0 unspecified atom stereocenters. The predicted molar refractivity (Wildman–Crippen MR) is 82.4 cm³/mol. The van der Waals surface area contributed by atoms with E-state index in [4.69, 9.17) is 4.74 Å². The third-order valence-electron chi connectivity index (χ3n) is 3.72. The van der Waals surface area contributed by atoms with Crippen LogP contribution in [0.15, 0.2) is 11.3 Å². The van der Waals surface area contributed by atoms with E-state index in [0.717, 1.165) is 43.9 Å². The van der Waals surface area contributed by atoms with Crippen LogP contribution in [0.4, 0.5) is 0 Å². The van der Waals surface area contributed by atoms with Gasteiger partial charge in [-0.1, -0.05) is 20.8 Å². The molecule has 0 aromatic heterocycles. The van der Waals surface area contributed by atoms with Gasteiger partial charge in [-0.15, -0.1) is 0 Å². The molecule has 0 aromatic carbocycles. The fraction of sp³-hybridized carbons (Fsp3) is 0.812. The molecule has 1 saturated heterocycles. The number of hydrogen-bond acceptors (Lipinski definition) is 3. The lowest BCUT2D eigenvalue weighted by Crippen LogP contribution is -2.40. The fourth-order valence-corrected chi connectivity index (χ4v) is 2.42. The van der Waals surface area contributed by atoms with E-state index in [1.165, 1.54) is 0 Å². The van der Waals surface area contributed by atoms with Crippen LogP contribution in [0.3, 0.4) is 0 Å². The van der Waals surface area contributed by atoms with Crippen LogP contribution in [0.1, 0.15) is 47.5 Å². The first-order valence-corrected chi connectivity index (χ1v) is 7.48. The van der Waals surface area contributed by atoms with Gasteiger partial charge in [0, 0.05) is 44.1 Å². The molecule has 0 aromatic rings. The quantitative estimate of drug-likeness (QED) is 0.806. The van der Waals surface area contributed by atoms with Crippen molar-refractivity contribution in [2.75, 3.05) is 26.8 Å². The molecule has 4 nitrogen and oxygen atoms in total. The van der Waals surface area contributed by atoms with Crippen LogP contribution in [0.25, 0.3) is 0 Å². The molecule has 1 aliphatic heterocycles. The summed E-state index contributed by atoms with van der Waals surface area (Å²) in [6.45, 7) is 13.0. The Balaban J connectivity index is 2.62. The highest BCUT2D eigenvalue weighted by atomic mass is 16.5. The van der Waals surface area contributed by atoms with Crippen molar-refractivity contribution in [1.82, 2.24) is 10.2 Å². The Morgan fingerprint density at radius 1 is 1.25 bits per heavy atom. The third kappa shape index (κ3) is 5.53. The Labute approximate surface area is 123 Å². The second kappa shape index (κ2) is 7.11. The van der Waals surface area contributed by atoms with Crippen LogP contribution in [0.5, 0.6) is 0 Å². The highest BCUT2D eigenvalue weighted by molar-refractivity contribution is 5.93. The zero-order valence-electron chi connectivity index (χ0n) is 13.9. The molecule has 0 saturated carbocycles. The van der Waals surface area contributed by atoms with Gasteiger partial charge in [-0.3, -0.25) is 4.79 Å². The van der Waals surface area contributed by atoms with Crippen molar-refractivity contribution in [3.63, 3.8) is 0 Å². The smallest absolute Gasteiger partial charge is 0.248 e. The molecule has 0 atom stereocenters. The molecular weight excluding hydrogens is 252 g/mol. The molecule has 0 spiro atoms. The summed E-state index contributed by atoms with van der Waals surface area (Å²) in [6, 6.07) is 0.256. The highest BCUT2D eigenvalue weighted by Gasteiger charge is 2.20. The molecular formula is C16H30N2O2. The maximum Gasteiger partial charge on any atom is 0.248 e. The standard InChI is InChI=1S/C16H30N2O2/c1-12(13(2)18(6)11-16(3,4)5)15(19)17-14-7-9-20-10-8-14/h14H,7-11H2,1-6H3,(H,17,19). The second-order valence-electron chi connectivity index (χ2n) is 6.99. The van der Waals surface area contributed by atoms with Gasteiger partial charge in [-0.2, -0.15) is 0 Å². The van der Waals surface area contributed by atoms with Gasteiger partial charge in [0.15, 0.2) is 0 Å². The van der Waals surface area contributed by atoms with Gasteiger partial charge in [0.2, 0.25) is 5.91 Å². The Morgan fingerprint density at radius 2 is 1.80 bits per heavy atom. The van der Waals surface area contributed by atoms with Crippen molar-refractivity contribution < 1.29 is 9.53 Å². The predicted octanol–water partition coefficient (Wildman–Crippen LogP) is 2.55. The summed E-state index contributed by atoms with van der Waals surface area (Å²) in [5.41, 5.74) is 2.07. The largest absolute Gasteiger partial charge is 0.381 e. The summed E-state index contributed by atoms with van der Waals surface area (Å²) < 4.78 is 5.31. The maximum atomic E-state index is 12.3. The summed E-state index contributed by atoms with van der Waals surface area (Å²) in [7, 11) is 2.05. The van der Waals surface area contributed by atoms with Crippen LogP contribution >= 0.6 is 0 Å². The van der Waals surface area contributed by atoms with Gasteiger partial charge in [-0.05, 0) is 32.1 Å². The molecule has 1 rings (SSSR count). The van der Waals surface area contributed by atoms with Crippen LogP contribution in [0.2, 0.25) is 0 Å². The molecule has 4 heteroatoms. The summed E-state index contributed by atoms with van der Waals surface area (Å²) in [5.74, 6) is 0.0511. The SMILES string of the molecule is CC(C(=O)NC1CCOCC1)=C(C)N(C)CC(C)(C)C. The van der Waals surface area contributed by atoms with E-state index in [9.17, 15) is 4.79 Å². The molecule has 20 heavy (non-hydrogen) atoms. The summed E-state index contributed by atoms with van der Waals surface area (Å²) in [4.78, 5) is 14.5. The summed E-state index contributed by atoms with van der Waals surface area (Å²) in [6.07, 6.45) is 1.83. The molecule has 1 N–H and O–H groups in total. The van der Waals surface area contributed by atoms with Gasteiger partial charge < -0.3 is 15.0 Å². The number of ether oxygens (including phenoxy) is 1. The van der Waals surface area contributed by atoms with E-state index in [1.807, 2.05) is 20.9 Å². The van der Waals surface area contributed by atoms with Gasteiger partial charge >= 0.3 is 0 Å². The van der Waals surface area contributed by atoms with Crippen molar-refractivity contribution in [1.29, 1.82) is 0 Å². The first kappa shape index (κ1) is 17.0. The highest BCUT2D eigenvalue weighted by Crippen LogP contribution is 2.18. The Kier molecular flexibility index (Phi) is 6.06. The second-order valence-corrected chi connectivity index (χ2v) is 6.99. The molecule has 0 radical (unpaired) electrons. The molecule has 116 valence electrons. The molecule has 1 fully saturated rings. The molecule has 0 aliphatic carbocycles. The van der Waals surface area contributed by atoms with Crippen molar-refractivity contribution in [2.24, 2.45) is 5.41 Å². The Hall–Kier alpha value is -1.03. The number of nitrogens with zero attached hydrogens (tertiary/aromatic N) is 1. The Bertz CT molecular complexity index is 363. The lowest BCUT2D eigenvalue weighted by molar-refractivity contribution is -0.118. The van der Waals surface area contributed by atoms with Crippen molar-refractivity contribution in [3.8, 4) is 0 Å². The normalized spacial score (nSPS) is 18.5. The number of carbonyl (C=O) groups is 1. The van der Waals surface area contributed by atoms with Crippen molar-refractivity contribution >= 4 is 5.91 Å². The van der Waals surface area contributed by atoms with Gasteiger partial charge in [0.1, 0.15) is 0 Å². The number of carbonyl (C=O) groups excluding carboxylic acids is 1.